The maximum atomic E-state index is 4.22. The van der Waals surface area contributed by atoms with Gasteiger partial charge in [-0.25, -0.2) is 9.13 Å². The number of rotatable bonds is 41. The van der Waals surface area contributed by atoms with E-state index < -0.39 is 0 Å². The molecule has 0 fully saturated rings. The second-order valence-electron chi connectivity index (χ2n) is 17.9. The van der Waals surface area contributed by atoms with Gasteiger partial charge in [-0.1, -0.05) is 183 Å². The highest BCUT2D eigenvalue weighted by molar-refractivity contribution is 9.09. The molecule has 0 unspecified atom stereocenters. The zero-order valence-electron chi connectivity index (χ0n) is 37.7. The van der Waals surface area contributed by atoms with Crippen molar-refractivity contribution in [2.45, 2.75) is 244 Å². The highest BCUT2D eigenvalue weighted by Gasteiger charge is 2.06. The van der Waals surface area contributed by atoms with Crippen LogP contribution >= 0.6 is 15.9 Å². The molecule has 0 spiro atoms. The zero-order chi connectivity index (χ0) is 40.7. The fourth-order valence-electron chi connectivity index (χ4n) is 8.72. The van der Waals surface area contributed by atoms with E-state index >= 15 is 0 Å². The number of nitrogens with zero attached hydrogens (tertiary/aromatic N) is 3. The summed E-state index contributed by atoms with van der Waals surface area (Å²) in [7, 11) is 0. The van der Waals surface area contributed by atoms with Crippen molar-refractivity contribution in [1.29, 1.82) is 0 Å². The Morgan fingerprint density at radius 2 is 0.655 bits per heavy atom. The molecule has 0 radical (unpaired) electrons. The van der Waals surface area contributed by atoms with Gasteiger partial charge in [0.05, 0.1) is 0 Å². The van der Waals surface area contributed by atoms with Gasteiger partial charge in [0.1, 0.15) is 13.1 Å². The van der Waals surface area contributed by atoms with Crippen molar-refractivity contribution in [1.82, 2.24) is 4.98 Å². The summed E-state index contributed by atoms with van der Waals surface area (Å²) in [6.07, 6.45) is 63.1. The molecule has 0 saturated carbocycles. The topological polar surface area (TPSA) is 20.6 Å². The van der Waals surface area contributed by atoms with Gasteiger partial charge in [-0.2, -0.15) is 0 Å². The molecular formula is C54H90BrN3+2. The normalized spacial score (nSPS) is 11.5. The standard InChI is InChI=1S/C54H90BrN3/c55-43-31-25-19-13-7-1-4-11-17-23-29-38-53-41-35-47-58(50-53)46-33-27-21-15-9-3-6-12-18-24-30-39-54-42-36-48-57(51-54)45-32-26-20-14-8-2-5-10-16-22-28-37-52-40-34-44-56-49-52/h34-36,40-42,44,47-51H,1-33,37-39,43,45-46H2/q+2. The second kappa shape index (κ2) is 37.9. The third-order valence-corrected chi connectivity index (χ3v) is 13.0. The molecule has 0 aliphatic heterocycles. The number of alkyl halides is 1. The minimum atomic E-state index is 1.17. The van der Waals surface area contributed by atoms with Crippen LogP contribution < -0.4 is 9.13 Å². The fraction of sp³-hybridized carbons (Fsp3) is 0.722. The summed E-state index contributed by atoms with van der Waals surface area (Å²) in [6.45, 7) is 2.36. The summed E-state index contributed by atoms with van der Waals surface area (Å²) in [5, 5.41) is 1.17. The van der Waals surface area contributed by atoms with Crippen LogP contribution in [0.15, 0.2) is 73.6 Å². The maximum Gasteiger partial charge on any atom is 0.171 e. The van der Waals surface area contributed by atoms with Gasteiger partial charge in [-0.15, -0.1) is 0 Å². The van der Waals surface area contributed by atoms with Gasteiger partial charge in [0, 0.05) is 53.8 Å². The lowest BCUT2D eigenvalue weighted by molar-refractivity contribution is -0.697. The van der Waals surface area contributed by atoms with E-state index in [9.17, 15) is 0 Å². The number of unbranched alkanes of at least 4 members (excludes halogenated alkanes) is 30. The van der Waals surface area contributed by atoms with Crippen LogP contribution in [-0.2, 0) is 32.4 Å². The summed E-state index contributed by atoms with van der Waals surface area (Å²) >= 11 is 3.54. The highest BCUT2D eigenvalue weighted by atomic mass is 79.9. The largest absolute Gasteiger partial charge is 0.264 e. The number of hydrogen-bond acceptors (Lipinski definition) is 1. The molecule has 0 amide bonds. The van der Waals surface area contributed by atoms with E-state index in [1.807, 2.05) is 12.4 Å². The first-order valence-electron chi connectivity index (χ1n) is 25.2. The molecule has 3 aromatic heterocycles. The summed E-state index contributed by atoms with van der Waals surface area (Å²) in [5.74, 6) is 0. The minimum Gasteiger partial charge on any atom is -0.264 e. The van der Waals surface area contributed by atoms with Crippen molar-refractivity contribution in [3.8, 4) is 0 Å². The van der Waals surface area contributed by atoms with Crippen LogP contribution in [0.1, 0.15) is 229 Å². The van der Waals surface area contributed by atoms with E-state index in [0.717, 1.165) is 0 Å². The first-order valence-corrected chi connectivity index (χ1v) is 26.4. The fourth-order valence-corrected chi connectivity index (χ4v) is 9.11. The Labute approximate surface area is 368 Å². The molecule has 3 nitrogen and oxygen atoms in total. The number of halogens is 1. The molecule has 0 aromatic carbocycles. The van der Waals surface area contributed by atoms with Gasteiger partial charge in [-0.3, -0.25) is 4.98 Å². The molecule has 3 heterocycles. The number of hydrogen-bond donors (Lipinski definition) is 0. The lowest BCUT2D eigenvalue weighted by Gasteiger charge is -2.05. The SMILES string of the molecule is BrCCCCCCCCCCCCCc1ccc[n+](CCCCCCCCCCCCCc2ccc[n+](CCCCCCCCCCCCCc3cccnc3)c2)c1. The molecule has 0 aliphatic carbocycles. The molecule has 4 heteroatoms. The Bertz CT molecular complexity index is 1310. The van der Waals surface area contributed by atoms with E-state index in [-0.39, 0.29) is 0 Å². The molecule has 0 saturated heterocycles. The van der Waals surface area contributed by atoms with Gasteiger partial charge in [-0.05, 0) is 81.5 Å². The molecule has 3 aromatic rings. The number of pyridine rings is 3. The van der Waals surface area contributed by atoms with Crippen molar-refractivity contribution in [3.05, 3.63) is 90.3 Å². The lowest BCUT2D eigenvalue weighted by Crippen LogP contribution is -2.33. The summed E-state index contributed by atoms with van der Waals surface area (Å²) < 4.78 is 4.89. The van der Waals surface area contributed by atoms with E-state index in [1.165, 1.54) is 266 Å². The van der Waals surface area contributed by atoms with E-state index in [1.54, 1.807) is 0 Å². The smallest absolute Gasteiger partial charge is 0.171 e. The Morgan fingerprint density at radius 1 is 0.345 bits per heavy atom. The molecule has 0 atom stereocenters. The predicted octanol–water partition coefficient (Wildman–Crippen LogP) is 16.0. The Kier molecular flexibility index (Phi) is 32.9. The van der Waals surface area contributed by atoms with Crippen molar-refractivity contribution in [3.63, 3.8) is 0 Å². The first-order chi connectivity index (χ1) is 28.8. The van der Waals surface area contributed by atoms with Crippen molar-refractivity contribution in [2.75, 3.05) is 5.33 Å². The van der Waals surface area contributed by atoms with Gasteiger partial charge < -0.3 is 0 Å². The number of aromatic nitrogens is 3. The lowest BCUT2D eigenvalue weighted by atomic mass is 10.0. The van der Waals surface area contributed by atoms with Gasteiger partial charge >= 0.3 is 0 Å². The van der Waals surface area contributed by atoms with Crippen LogP contribution in [0, 0.1) is 0 Å². The van der Waals surface area contributed by atoms with Crippen LogP contribution in [0.5, 0.6) is 0 Å². The van der Waals surface area contributed by atoms with Gasteiger partial charge in [0.15, 0.2) is 24.8 Å². The van der Waals surface area contributed by atoms with Gasteiger partial charge in [0.2, 0.25) is 0 Å². The summed E-state index contributed by atoms with van der Waals surface area (Å²) in [4.78, 5) is 4.22. The van der Waals surface area contributed by atoms with Crippen LogP contribution in [0.25, 0.3) is 0 Å². The third-order valence-electron chi connectivity index (χ3n) is 12.4. The van der Waals surface area contributed by atoms with Crippen molar-refractivity contribution < 1.29 is 9.13 Å². The quantitative estimate of drug-likeness (QED) is 0.0316. The Balaban J connectivity index is 1.03. The van der Waals surface area contributed by atoms with Crippen LogP contribution in [0.2, 0.25) is 0 Å². The highest BCUT2D eigenvalue weighted by Crippen LogP contribution is 2.16. The van der Waals surface area contributed by atoms with Crippen molar-refractivity contribution >= 4 is 15.9 Å². The molecule has 0 N–H and O–H groups in total. The summed E-state index contributed by atoms with van der Waals surface area (Å²) in [6, 6.07) is 13.5. The predicted molar refractivity (Wildman–Crippen MR) is 255 cm³/mol. The Morgan fingerprint density at radius 3 is 1.00 bits per heavy atom. The van der Waals surface area contributed by atoms with Crippen LogP contribution in [-0.4, -0.2) is 10.3 Å². The average Bonchev–Trinajstić information content (AvgIpc) is 3.25. The van der Waals surface area contributed by atoms with Crippen molar-refractivity contribution in [2.24, 2.45) is 0 Å². The van der Waals surface area contributed by atoms with E-state index in [0.29, 0.717) is 0 Å². The third kappa shape index (κ3) is 29.2. The van der Waals surface area contributed by atoms with E-state index in [4.69, 9.17) is 0 Å². The Hall–Kier alpha value is -2.07. The monoisotopic (exact) mass is 860 g/mol. The van der Waals surface area contributed by atoms with Crippen LogP contribution in [0.3, 0.4) is 0 Å². The molecule has 326 valence electrons. The minimum absolute atomic E-state index is 1.17. The second-order valence-corrected chi connectivity index (χ2v) is 18.7. The van der Waals surface area contributed by atoms with E-state index in [2.05, 4.69) is 91.2 Å². The molecule has 3 rings (SSSR count). The molecule has 0 bridgehead atoms. The number of aryl methyl sites for hydroxylation is 5. The first kappa shape index (κ1) is 50.3. The zero-order valence-corrected chi connectivity index (χ0v) is 39.3. The maximum absolute atomic E-state index is 4.22. The van der Waals surface area contributed by atoms with Gasteiger partial charge in [0.25, 0.3) is 0 Å². The molecule has 58 heavy (non-hydrogen) atoms. The molecule has 0 aliphatic rings. The molecular weight excluding hydrogens is 771 g/mol. The summed E-state index contributed by atoms with van der Waals surface area (Å²) in [5.41, 5.74) is 4.44. The van der Waals surface area contributed by atoms with Crippen LogP contribution in [0.4, 0.5) is 0 Å². The average molecular weight is 861 g/mol.